The van der Waals surface area contributed by atoms with Crippen molar-refractivity contribution in [3.63, 3.8) is 0 Å². The maximum atomic E-state index is 12.4. The van der Waals surface area contributed by atoms with Crippen molar-refractivity contribution in [3.8, 4) is 0 Å². The van der Waals surface area contributed by atoms with Crippen molar-refractivity contribution >= 4 is 18.1 Å². The van der Waals surface area contributed by atoms with Crippen LogP contribution in [0.15, 0.2) is 60.7 Å². The van der Waals surface area contributed by atoms with Crippen molar-refractivity contribution in [2.24, 2.45) is 0 Å². The molecule has 37 heavy (non-hydrogen) atoms. The number of hydrogen-bond acceptors (Lipinski definition) is 6. The van der Waals surface area contributed by atoms with Crippen LogP contribution in [0.3, 0.4) is 0 Å². The fourth-order valence-electron chi connectivity index (χ4n) is 4.06. The first kappa shape index (κ1) is 28.0. The van der Waals surface area contributed by atoms with Crippen LogP contribution >= 0.6 is 0 Å². The van der Waals surface area contributed by atoms with Crippen molar-refractivity contribution in [1.29, 1.82) is 0 Å². The SMILES string of the molecule is O=C(NCCCCC1CNC(CCCCNC(=O)OCc2ccccc2)C(=O)N1)OCc1ccccc1. The smallest absolute Gasteiger partial charge is 0.407 e. The zero-order valence-electron chi connectivity index (χ0n) is 21.2. The van der Waals surface area contributed by atoms with Crippen molar-refractivity contribution < 1.29 is 23.9 Å². The Morgan fingerprint density at radius 2 is 1.27 bits per heavy atom. The van der Waals surface area contributed by atoms with Crippen molar-refractivity contribution in [2.45, 2.75) is 63.8 Å². The number of nitrogens with one attached hydrogen (secondary N) is 4. The van der Waals surface area contributed by atoms with E-state index in [-0.39, 0.29) is 31.2 Å². The zero-order valence-corrected chi connectivity index (χ0v) is 21.2. The molecule has 3 amide bonds. The Hall–Kier alpha value is -3.59. The summed E-state index contributed by atoms with van der Waals surface area (Å²) in [6, 6.07) is 19.0. The van der Waals surface area contributed by atoms with E-state index in [2.05, 4.69) is 21.3 Å². The highest BCUT2D eigenvalue weighted by Crippen LogP contribution is 2.09. The maximum Gasteiger partial charge on any atom is 0.407 e. The first-order valence-electron chi connectivity index (χ1n) is 13.0. The molecule has 0 bridgehead atoms. The molecule has 1 fully saturated rings. The van der Waals surface area contributed by atoms with Gasteiger partial charge in [-0.2, -0.15) is 0 Å². The third-order valence-electron chi connectivity index (χ3n) is 6.14. The molecule has 1 aliphatic rings. The van der Waals surface area contributed by atoms with E-state index < -0.39 is 12.2 Å². The Kier molecular flexibility index (Phi) is 12.3. The lowest BCUT2D eigenvalue weighted by Gasteiger charge is -2.30. The molecule has 2 aromatic carbocycles. The Labute approximate surface area is 218 Å². The average molecular weight is 511 g/mol. The molecule has 0 aromatic heterocycles. The predicted molar refractivity (Wildman–Crippen MR) is 141 cm³/mol. The van der Waals surface area contributed by atoms with Gasteiger partial charge >= 0.3 is 12.2 Å². The van der Waals surface area contributed by atoms with Crippen LogP contribution in [0.5, 0.6) is 0 Å². The predicted octanol–water partition coefficient (Wildman–Crippen LogP) is 3.64. The molecule has 2 aromatic rings. The minimum atomic E-state index is -0.431. The maximum absolute atomic E-state index is 12.4. The van der Waals surface area contributed by atoms with Crippen LogP contribution in [0.25, 0.3) is 0 Å². The molecule has 200 valence electrons. The summed E-state index contributed by atoms with van der Waals surface area (Å²) in [5, 5.41) is 11.9. The molecule has 2 unspecified atom stereocenters. The van der Waals surface area contributed by atoms with E-state index in [0.29, 0.717) is 19.5 Å². The summed E-state index contributed by atoms with van der Waals surface area (Å²) < 4.78 is 10.4. The van der Waals surface area contributed by atoms with E-state index in [0.717, 1.165) is 49.8 Å². The molecule has 2 atom stereocenters. The number of ether oxygens (including phenoxy) is 2. The number of alkyl carbamates (subject to hydrolysis) is 2. The summed E-state index contributed by atoms with van der Waals surface area (Å²) in [5.74, 6) is 0.0223. The van der Waals surface area contributed by atoms with Crippen LogP contribution in [0, 0.1) is 0 Å². The van der Waals surface area contributed by atoms with Gasteiger partial charge in [-0.15, -0.1) is 0 Å². The van der Waals surface area contributed by atoms with Crippen LogP contribution in [-0.4, -0.2) is 49.8 Å². The molecule has 0 spiro atoms. The molecule has 0 saturated carbocycles. The quantitative estimate of drug-likeness (QED) is 0.288. The van der Waals surface area contributed by atoms with Gasteiger partial charge in [0.15, 0.2) is 0 Å². The molecule has 0 aliphatic carbocycles. The molecule has 1 aliphatic heterocycles. The van der Waals surface area contributed by atoms with Crippen molar-refractivity contribution in [1.82, 2.24) is 21.3 Å². The molecule has 4 N–H and O–H groups in total. The van der Waals surface area contributed by atoms with E-state index >= 15 is 0 Å². The van der Waals surface area contributed by atoms with Gasteiger partial charge in [-0.25, -0.2) is 9.59 Å². The topological polar surface area (TPSA) is 118 Å². The summed E-state index contributed by atoms with van der Waals surface area (Å²) in [6.07, 6.45) is 4.02. The fourth-order valence-corrected chi connectivity index (χ4v) is 4.06. The molecule has 0 radical (unpaired) electrons. The van der Waals surface area contributed by atoms with Crippen LogP contribution in [-0.2, 0) is 27.5 Å². The first-order valence-corrected chi connectivity index (χ1v) is 13.0. The molecular formula is C28H38N4O5. The van der Waals surface area contributed by atoms with Crippen molar-refractivity contribution in [3.05, 3.63) is 71.8 Å². The summed E-state index contributed by atoms with van der Waals surface area (Å²) in [7, 11) is 0. The van der Waals surface area contributed by atoms with Crippen LogP contribution in [0.1, 0.15) is 49.7 Å². The number of hydrogen-bond donors (Lipinski definition) is 4. The Morgan fingerprint density at radius 1 is 0.757 bits per heavy atom. The van der Waals surface area contributed by atoms with Gasteiger partial charge in [0.25, 0.3) is 0 Å². The number of rotatable bonds is 14. The largest absolute Gasteiger partial charge is 0.445 e. The van der Waals surface area contributed by atoms with Crippen LogP contribution < -0.4 is 21.3 Å². The van der Waals surface area contributed by atoms with Gasteiger partial charge in [0.2, 0.25) is 5.91 Å². The van der Waals surface area contributed by atoms with E-state index in [1.54, 1.807) is 0 Å². The average Bonchev–Trinajstić information content (AvgIpc) is 2.92. The lowest BCUT2D eigenvalue weighted by molar-refractivity contribution is -0.125. The molecule has 1 saturated heterocycles. The number of benzene rings is 2. The Balaban J connectivity index is 1.15. The highest BCUT2D eigenvalue weighted by Gasteiger charge is 2.26. The van der Waals surface area contributed by atoms with E-state index in [9.17, 15) is 14.4 Å². The normalized spacial score (nSPS) is 16.9. The second-order valence-electron chi connectivity index (χ2n) is 9.13. The molecule has 3 rings (SSSR count). The minimum absolute atomic E-state index is 0.0223. The fraction of sp³-hybridized carbons (Fsp3) is 0.464. The van der Waals surface area contributed by atoms with Gasteiger partial charge in [0.05, 0.1) is 6.04 Å². The number of carbonyl (C=O) groups excluding carboxylic acids is 3. The van der Waals surface area contributed by atoms with Gasteiger partial charge in [-0.1, -0.05) is 60.7 Å². The minimum Gasteiger partial charge on any atom is -0.445 e. The number of carbonyl (C=O) groups is 3. The first-order chi connectivity index (χ1) is 18.1. The monoisotopic (exact) mass is 510 g/mol. The Bertz CT molecular complexity index is 958. The number of amides is 3. The molecule has 9 heteroatoms. The van der Waals surface area contributed by atoms with Gasteiger partial charge in [0, 0.05) is 25.7 Å². The van der Waals surface area contributed by atoms with Gasteiger partial charge in [-0.05, 0) is 49.7 Å². The second-order valence-corrected chi connectivity index (χ2v) is 9.13. The number of unbranched alkanes of at least 4 members (excludes halogenated alkanes) is 2. The van der Waals surface area contributed by atoms with Crippen LogP contribution in [0.2, 0.25) is 0 Å². The van der Waals surface area contributed by atoms with E-state index in [4.69, 9.17) is 9.47 Å². The van der Waals surface area contributed by atoms with Gasteiger partial charge in [0.1, 0.15) is 13.2 Å². The van der Waals surface area contributed by atoms with Crippen LogP contribution in [0.4, 0.5) is 9.59 Å². The summed E-state index contributed by atoms with van der Waals surface area (Å²) in [6.45, 7) is 2.28. The van der Waals surface area contributed by atoms with Gasteiger partial charge in [-0.3, -0.25) is 4.79 Å². The summed E-state index contributed by atoms with van der Waals surface area (Å²) in [4.78, 5) is 36.0. The molecule has 9 nitrogen and oxygen atoms in total. The summed E-state index contributed by atoms with van der Waals surface area (Å²) >= 11 is 0. The Morgan fingerprint density at radius 3 is 1.78 bits per heavy atom. The third-order valence-corrected chi connectivity index (χ3v) is 6.14. The standard InChI is InChI=1S/C28H38N4O5/c33-26-25(16-8-10-18-30-28(35)37-21-23-13-5-2-6-14-23)31-19-24(32-26)15-7-9-17-29-27(34)36-20-22-11-3-1-4-12-22/h1-6,11-14,24-25,31H,7-10,15-21H2,(H,29,34)(H,30,35)(H,32,33). The number of piperazine rings is 1. The van der Waals surface area contributed by atoms with Crippen molar-refractivity contribution in [2.75, 3.05) is 19.6 Å². The highest BCUT2D eigenvalue weighted by molar-refractivity contribution is 5.82. The molecule has 1 heterocycles. The summed E-state index contributed by atoms with van der Waals surface area (Å²) in [5.41, 5.74) is 1.90. The van der Waals surface area contributed by atoms with Gasteiger partial charge < -0.3 is 30.7 Å². The zero-order chi connectivity index (χ0) is 26.1. The highest BCUT2D eigenvalue weighted by atomic mass is 16.6. The van der Waals surface area contributed by atoms with E-state index in [1.807, 2.05) is 60.7 Å². The third kappa shape index (κ3) is 11.3. The lowest BCUT2D eigenvalue weighted by atomic mass is 10.0. The molecular weight excluding hydrogens is 472 g/mol. The second kappa shape index (κ2) is 16.2. The van der Waals surface area contributed by atoms with E-state index in [1.165, 1.54) is 0 Å². The lowest BCUT2D eigenvalue weighted by Crippen LogP contribution is -2.58.